The van der Waals surface area contributed by atoms with Crippen LogP contribution < -0.4 is 25.0 Å². The fourth-order valence-corrected chi connectivity index (χ4v) is 4.38. The fraction of sp³-hybridized carbons (Fsp3) is 0.286. The molecule has 0 unspecified atom stereocenters. The summed E-state index contributed by atoms with van der Waals surface area (Å²) in [4.78, 5) is 28.6. The van der Waals surface area contributed by atoms with E-state index in [0.29, 0.717) is 28.3 Å². The number of fused-ring (bicyclic) bond motifs is 1. The number of nitrogens with zero attached hydrogens (tertiary/aromatic N) is 1. The molecule has 0 fully saturated rings. The Bertz CT molecular complexity index is 1220. The van der Waals surface area contributed by atoms with Crippen molar-refractivity contribution in [1.82, 2.24) is 5.32 Å². The molecule has 4 rings (SSSR count). The third-order valence-corrected chi connectivity index (χ3v) is 6.05. The van der Waals surface area contributed by atoms with Gasteiger partial charge in [-0.1, -0.05) is 30.3 Å². The molecule has 0 spiro atoms. The van der Waals surface area contributed by atoms with Crippen LogP contribution in [0.25, 0.3) is 0 Å². The van der Waals surface area contributed by atoms with Crippen LogP contribution in [0, 0.1) is 0 Å². The van der Waals surface area contributed by atoms with Crippen molar-refractivity contribution in [2.75, 3.05) is 31.0 Å². The van der Waals surface area contributed by atoms with Crippen molar-refractivity contribution in [3.63, 3.8) is 0 Å². The second kappa shape index (κ2) is 10.5. The Kier molecular flexibility index (Phi) is 7.25. The lowest BCUT2D eigenvalue weighted by Crippen LogP contribution is -2.35. The van der Waals surface area contributed by atoms with Gasteiger partial charge < -0.3 is 25.0 Å². The van der Waals surface area contributed by atoms with Crippen LogP contribution in [-0.4, -0.2) is 38.6 Å². The van der Waals surface area contributed by atoms with Gasteiger partial charge in [0.25, 0.3) is 11.8 Å². The Balaban J connectivity index is 1.67. The van der Waals surface area contributed by atoms with E-state index < -0.39 is 0 Å². The Morgan fingerprint density at radius 3 is 2.23 bits per heavy atom. The molecule has 0 aromatic heterocycles. The molecule has 0 aliphatic carbocycles. The van der Waals surface area contributed by atoms with Crippen LogP contribution in [0.2, 0.25) is 0 Å². The van der Waals surface area contributed by atoms with Gasteiger partial charge in [0.15, 0.2) is 0 Å². The molecule has 182 valence electrons. The summed E-state index contributed by atoms with van der Waals surface area (Å²) >= 11 is 0. The van der Waals surface area contributed by atoms with E-state index in [9.17, 15) is 9.59 Å². The summed E-state index contributed by atoms with van der Waals surface area (Å²) < 4.78 is 10.7. The summed E-state index contributed by atoms with van der Waals surface area (Å²) in [5.74, 6) is 0.250. The zero-order chi connectivity index (χ0) is 24.9. The van der Waals surface area contributed by atoms with E-state index in [-0.39, 0.29) is 17.9 Å². The van der Waals surface area contributed by atoms with E-state index in [1.54, 1.807) is 24.3 Å². The Morgan fingerprint density at radius 1 is 0.886 bits per heavy atom. The maximum Gasteiger partial charge on any atom is 0.263 e. The highest BCUT2D eigenvalue weighted by Gasteiger charge is 2.23. The van der Waals surface area contributed by atoms with E-state index in [2.05, 4.69) is 33.7 Å². The molecule has 7 heteroatoms. The number of carbonyl (C=O) groups is 2. The van der Waals surface area contributed by atoms with Crippen molar-refractivity contribution in [3.05, 3.63) is 82.9 Å². The van der Waals surface area contributed by atoms with Gasteiger partial charge in [0, 0.05) is 30.5 Å². The van der Waals surface area contributed by atoms with Crippen LogP contribution in [-0.2, 0) is 13.0 Å². The van der Waals surface area contributed by atoms with Gasteiger partial charge in [-0.15, -0.1) is 0 Å². The first-order chi connectivity index (χ1) is 16.9. The van der Waals surface area contributed by atoms with E-state index in [1.165, 1.54) is 25.3 Å². The summed E-state index contributed by atoms with van der Waals surface area (Å²) in [7, 11) is 3.01. The van der Waals surface area contributed by atoms with Gasteiger partial charge in [-0.05, 0) is 61.7 Å². The minimum absolute atomic E-state index is 0.0199. The summed E-state index contributed by atoms with van der Waals surface area (Å²) in [6, 6.07) is 19.0. The number of carbonyl (C=O) groups excluding carboxylic acids is 2. The maximum absolute atomic E-state index is 13.2. The first kappa shape index (κ1) is 24.1. The molecule has 0 bridgehead atoms. The molecule has 7 nitrogen and oxygen atoms in total. The Hall–Kier alpha value is -4.00. The number of methoxy groups -OCH3 is 2. The van der Waals surface area contributed by atoms with Crippen molar-refractivity contribution in [1.29, 1.82) is 0 Å². The third kappa shape index (κ3) is 5.24. The molecule has 2 N–H and O–H groups in total. The second-order valence-corrected chi connectivity index (χ2v) is 8.79. The number of nitrogens with one attached hydrogen (secondary N) is 2. The van der Waals surface area contributed by atoms with Crippen molar-refractivity contribution >= 4 is 23.2 Å². The smallest absolute Gasteiger partial charge is 0.263 e. The van der Waals surface area contributed by atoms with Crippen LogP contribution in [0.1, 0.15) is 45.7 Å². The largest absolute Gasteiger partial charge is 0.496 e. The minimum atomic E-state index is -0.380. The molecule has 1 aliphatic rings. The number of rotatable bonds is 7. The average Bonchev–Trinajstić information content (AvgIpc) is 2.87. The van der Waals surface area contributed by atoms with Gasteiger partial charge in [-0.3, -0.25) is 9.59 Å². The first-order valence-corrected chi connectivity index (χ1v) is 11.7. The van der Waals surface area contributed by atoms with Crippen LogP contribution in [0.5, 0.6) is 11.5 Å². The third-order valence-electron chi connectivity index (χ3n) is 6.05. The zero-order valence-electron chi connectivity index (χ0n) is 20.6. The summed E-state index contributed by atoms with van der Waals surface area (Å²) in [5.41, 5.74) is 4.76. The van der Waals surface area contributed by atoms with Gasteiger partial charge in [0.2, 0.25) is 0 Å². The first-order valence-electron chi connectivity index (χ1n) is 11.7. The standard InChI is InChI=1S/C28H31N3O4/c1-18(2)29-27(32)22-16-21(30-28(33)26-24(34-3)10-7-11-25(26)35-4)12-13-23(22)31-15-14-19-8-5-6-9-20(19)17-31/h5-13,16,18H,14-15,17H2,1-4H3,(H,29,32)(H,30,33). The maximum atomic E-state index is 13.2. The zero-order valence-corrected chi connectivity index (χ0v) is 20.6. The predicted molar refractivity (Wildman–Crippen MR) is 138 cm³/mol. The average molecular weight is 474 g/mol. The number of benzene rings is 3. The van der Waals surface area contributed by atoms with Gasteiger partial charge in [-0.25, -0.2) is 0 Å². The van der Waals surface area contributed by atoms with E-state index in [0.717, 1.165) is 25.2 Å². The summed E-state index contributed by atoms with van der Waals surface area (Å²) in [6.07, 6.45) is 0.910. The normalized spacial score (nSPS) is 12.7. The minimum Gasteiger partial charge on any atom is -0.496 e. The van der Waals surface area contributed by atoms with Crippen LogP contribution in [0.15, 0.2) is 60.7 Å². The lowest BCUT2D eigenvalue weighted by atomic mass is 9.98. The van der Waals surface area contributed by atoms with E-state index in [1.807, 2.05) is 32.0 Å². The van der Waals surface area contributed by atoms with Gasteiger partial charge in [0.05, 0.1) is 19.8 Å². The molecule has 2 amide bonds. The van der Waals surface area contributed by atoms with Crippen LogP contribution in [0.3, 0.4) is 0 Å². The van der Waals surface area contributed by atoms with Gasteiger partial charge in [-0.2, -0.15) is 0 Å². The molecule has 35 heavy (non-hydrogen) atoms. The molecule has 3 aromatic carbocycles. The monoisotopic (exact) mass is 473 g/mol. The molecule has 1 aliphatic heterocycles. The number of hydrogen-bond acceptors (Lipinski definition) is 5. The topological polar surface area (TPSA) is 79.9 Å². The summed E-state index contributed by atoms with van der Waals surface area (Å²) in [6.45, 7) is 5.38. The second-order valence-electron chi connectivity index (χ2n) is 8.79. The Morgan fingerprint density at radius 2 is 1.57 bits per heavy atom. The molecular formula is C28H31N3O4. The van der Waals surface area contributed by atoms with Crippen molar-refractivity contribution in [2.24, 2.45) is 0 Å². The lowest BCUT2D eigenvalue weighted by Gasteiger charge is -2.32. The predicted octanol–water partition coefficient (Wildman–Crippen LogP) is 4.66. The molecule has 0 atom stereocenters. The molecule has 0 radical (unpaired) electrons. The van der Waals surface area contributed by atoms with Gasteiger partial charge in [0.1, 0.15) is 17.1 Å². The van der Waals surface area contributed by atoms with Crippen LogP contribution in [0.4, 0.5) is 11.4 Å². The molecule has 0 saturated heterocycles. The quantitative estimate of drug-likeness (QED) is 0.522. The molecular weight excluding hydrogens is 442 g/mol. The van der Waals surface area contributed by atoms with E-state index in [4.69, 9.17) is 9.47 Å². The summed E-state index contributed by atoms with van der Waals surface area (Å²) in [5, 5.41) is 5.89. The number of amides is 2. The number of anilines is 2. The Labute approximate surface area is 206 Å². The lowest BCUT2D eigenvalue weighted by molar-refractivity contribution is 0.0942. The molecule has 3 aromatic rings. The SMILES string of the molecule is COc1cccc(OC)c1C(=O)Nc1ccc(N2CCc3ccccc3C2)c(C(=O)NC(C)C)c1. The van der Waals surface area contributed by atoms with Crippen molar-refractivity contribution in [3.8, 4) is 11.5 Å². The molecule has 1 heterocycles. The van der Waals surface area contributed by atoms with Gasteiger partial charge >= 0.3 is 0 Å². The van der Waals surface area contributed by atoms with E-state index >= 15 is 0 Å². The van der Waals surface area contributed by atoms with Crippen molar-refractivity contribution in [2.45, 2.75) is 32.9 Å². The van der Waals surface area contributed by atoms with Crippen molar-refractivity contribution < 1.29 is 19.1 Å². The highest BCUT2D eigenvalue weighted by molar-refractivity contribution is 6.09. The molecule has 0 saturated carbocycles. The number of hydrogen-bond donors (Lipinski definition) is 2. The fourth-order valence-electron chi connectivity index (χ4n) is 4.38. The number of ether oxygens (including phenoxy) is 2. The highest BCUT2D eigenvalue weighted by atomic mass is 16.5. The van der Waals surface area contributed by atoms with Crippen LogP contribution >= 0.6 is 0 Å². The highest BCUT2D eigenvalue weighted by Crippen LogP contribution is 2.32.